The molecule has 5 rings (SSSR count). The molecule has 7 unspecified atom stereocenters. The van der Waals surface area contributed by atoms with Crippen LogP contribution in [-0.4, -0.2) is 0 Å². The molecule has 0 heteroatoms. The Morgan fingerprint density at radius 3 is 1.10 bits per heavy atom. The quantitative estimate of drug-likeness (QED) is 0.269. The van der Waals surface area contributed by atoms with E-state index >= 15 is 0 Å². The fraction of sp³-hybridized carbons (Fsp3) is 1.00. The lowest BCUT2D eigenvalue weighted by Gasteiger charge is -2.42. The van der Waals surface area contributed by atoms with Crippen LogP contribution in [0.4, 0.5) is 0 Å². The zero-order valence-corrected chi connectivity index (χ0v) is 34.3. The summed E-state index contributed by atoms with van der Waals surface area (Å²) in [5.41, 5.74) is 1.27. The van der Waals surface area contributed by atoms with Gasteiger partial charge in [-0.3, -0.25) is 0 Å². The molecular weight excluding hydrogens is 589 g/mol. The van der Waals surface area contributed by atoms with Crippen LogP contribution >= 0.6 is 0 Å². The lowest BCUT2D eigenvalue weighted by molar-refractivity contribution is 0.0957. The molecule has 0 aliphatic heterocycles. The van der Waals surface area contributed by atoms with Gasteiger partial charge in [0.1, 0.15) is 0 Å². The Bertz CT molecular complexity index is 704. The Morgan fingerprint density at radius 1 is 0.449 bits per heavy atom. The van der Waals surface area contributed by atoms with E-state index < -0.39 is 0 Å². The average molecular weight is 691 g/mol. The van der Waals surface area contributed by atoms with Crippen LogP contribution in [0.1, 0.15) is 247 Å². The van der Waals surface area contributed by atoms with Gasteiger partial charge in [0.2, 0.25) is 0 Å². The van der Waals surface area contributed by atoms with Gasteiger partial charge in [-0.25, -0.2) is 0 Å². The van der Waals surface area contributed by atoms with Crippen molar-refractivity contribution in [3.8, 4) is 0 Å². The first kappa shape index (κ1) is 51.1. The maximum absolute atomic E-state index is 2.47. The molecule has 0 aromatic heterocycles. The maximum atomic E-state index is 2.47. The molecule has 0 bridgehead atoms. The van der Waals surface area contributed by atoms with Crippen molar-refractivity contribution in [2.75, 3.05) is 0 Å². The maximum Gasteiger partial charge on any atom is -0.0323 e. The molecule has 0 radical (unpaired) electrons. The second-order valence-corrected chi connectivity index (χ2v) is 20.1. The molecule has 298 valence electrons. The molecule has 0 saturated heterocycles. The first-order valence-corrected chi connectivity index (χ1v) is 21.7. The second kappa shape index (κ2) is 25.9. The molecule has 49 heavy (non-hydrogen) atoms. The highest BCUT2D eigenvalue weighted by Crippen LogP contribution is 2.47. The van der Waals surface area contributed by atoms with E-state index in [9.17, 15) is 0 Å². The molecule has 0 aromatic carbocycles. The van der Waals surface area contributed by atoms with E-state index in [1.165, 1.54) is 128 Å². The molecule has 0 spiro atoms. The first-order chi connectivity index (χ1) is 21.7. The van der Waals surface area contributed by atoms with Crippen molar-refractivity contribution < 1.29 is 0 Å². The molecule has 5 fully saturated rings. The summed E-state index contributed by atoms with van der Waals surface area (Å²) in [5, 5.41) is 0. The molecule has 5 aliphatic rings. The summed E-state index contributed by atoms with van der Waals surface area (Å²) >= 11 is 0. The van der Waals surface area contributed by atoms with Crippen molar-refractivity contribution in [2.45, 2.75) is 247 Å². The predicted octanol–water partition coefficient (Wildman–Crippen LogP) is 17.9. The normalized spacial score (nSPS) is 38.4. The fourth-order valence-electron chi connectivity index (χ4n) is 10.4. The van der Waals surface area contributed by atoms with Gasteiger partial charge in [0.25, 0.3) is 0 Å². The smallest absolute Gasteiger partial charge is 0.0323 e. The number of rotatable bonds is 5. The van der Waals surface area contributed by atoms with Gasteiger partial charge in [-0.15, -0.1) is 0 Å². The summed E-state index contributed by atoms with van der Waals surface area (Å²) in [4.78, 5) is 0. The van der Waals surface area contributed by atoms with Crippen molar-refractivity contribution in [1.82, 2.24) is 0 Å². The third-order valence-corrected chi connectivity index (χ3v) is 14.4. The van der Waals surface area contributed by atoms with Crippen molar-refractivity contribution in [3.63, 3.8) is 0 Å². The monoisotopic (exact) mass is 691 g/mol. The van der Waals surface area contributed by atoms with Crippen LogP contribution in [0.5, 0.6) is 0 Å². The third kappa shape index (κ3) is 20.1. The Hall–Kier alpha value is 0. The van der Waals surface area contributed by atoms with Crippen LogP contribution in [-0.2, 0) is 0 Å². The Morgan fingerprint density at radius 2 is 0.796 bits per heavy atom. The van der Waals surface area contributed by atoms with Gasteiger partial charge in [0.05, 0.1) is 0 Å². The standard InChI is InChI=1S/C17H32.C15H28.C11H22.C3H8.3CH4/c1-12-5-7-16(9-14(12)3)11-17-8-6-13(2)15(4)10-17;1-12-3-7-14(8-4-12)11-15-9-5-13(2)6-10-15;1-5-11(4)8-6-7-10(2,3)9-11;1-3-2;;;/h12-17H,5-11H2,1-4H3;12-15H,3-11H2,1-2H3;5-9H2,1-4H3;3H2,1-2H3;3*1H4. The summed E-state index contributed by atoms with van der Waals surface area (Å²) in [5.74, 6) is 10.3. The molecule has 0 amide bonds. The lowest BCUT2D eigenvalue weighted by atomic mass is 9.63. The van der Waals surface area contributed by atoms with E-state index in [4.69, 9.17) is 0 Å². The zero-order chi connectivity index (χ0) is 34.3. The van der Waals surface area contributed by atoms with Gasteiger partial charge in [-0.1, -0.05) is 202 Å². The molecule has 5 aliphatic carbocycles. The van der Waals surface area contributed by atoms with Crippen molar-refractivity contribution in [2.24, 2.45) is 70.0 Å². The van der Waals surface area contributed by atoms with E-state index in [0.717, 1.165) is 59.2 Å². The minimum atomic E-state index is 0. The minimum Gasteiger partial charge on any atom is -0.0776 e. The predicted molar refractivity (Wildman–Crippen MR) is 230 cm³/mol. The summed E-state index contributed by atoms with van der Waals surface area (Å²) in [6.07, 6.45) is 32.7. The first-order valence-electron chi connectivity index (χ1n) is 21.7. The molecule has 0 aromatic rings. The topological polar surface area (TPSA) is 0 Å². The van der Waals surface area contributed by atoms with Gasteiger partial charge in [-0.2, -0.15) is 0 Å². The average Bonchev–Trinajstić information content (AvgIpc) is 3.00. The summed E-state index contributed by atoms with van der Waals surface area (Å²) < 4.78 is 0. The highest BCUT2D eigenvalue weighted by atomic mass is 14.4. The molecule has 7 atom stereocenters. The van der Waals surface area contributed by atoms with E-state index in [2.05, 4.69) is 83.1 Å². The Kier molecular flexibility index (Phi) is 27.0. The summed E-state index contributed by atoms with van der Waals surface area (Å²) in [6.45, 7) is 28.6. The molecule has 0 heterocycles. The van der Waals surface area contributed by atoms with Crippen LogP contribution < -0.4 is 0 Å². The second-order valence-electron chi connectivity index (χ2n) is 20.1. The molecule has 0 nitrogen and oxygen atoms in total. The van der Waals surface area contributed by atoms with Crippen LogP contribution in [0.3, 0.4) is 0 Å². The SMILES string of the molecule is C.C.C.CC1CCC(CC2CCC(C)C(C)C2)CC1C.CC1CCC(CC2CCC(C)CC2)CC1.CCC.CCC1(C)CCCC(C)(C)C1. The lowest BCUT2D eigenvalue weighted by Crippen LogP contribution is -2.30. The highest BCUT2D eigenvalue weighted by molar-refractivity contribution is 4.86. The van der Waals surface area contributed by atoms with Gasteiger partial charge in [0, 0.05) is 0 Å². The molecule has 5 saturated carbocycles. The van der Waals surface area contributed by atoms with Gasteiger partial charge in [0.15, 0.2) is 0 Å². The van der Waals surface area contributed by atoms with E-state index in [1.54, 1.807) is 12.8 Å². The number of hydrogen-bond acceptors (Lipinski definition) is 0. The van der Waals surface area contributed by atoms with Crippen LogP contribution in [0, 0.1) is 70.0 Å². The Balaban J connectivity index is 0. The van der Waals surface area contributed by atoms with Gasteiger partial charge >= 0.3 is 0 Å². The van der Waals surface area contributed by atoms with Crippen LogP contribution in [0.2, 0.25) is 0 Å². The van der Waals surface area contributed by atoms with Crippen molar-refractivity contribution >= 4 is 0 Å². The number of hydrogen-bond donors (Lipinski definition) is 0. The van der Waals surface area contributed by atoms with E-state index in [1.807, 2.05) is 0 Å². The van der Waals surface area contributed by atoms with Crippen LogP contribution in [0.25, 0.3) is 0 Å². The van der Waals surface area contributed by atoms with Gasteiger partial charge < -0.3 is 0 Å². The molecular formula is C49H102. The van der Waals surface area contributed by atoms with Crippen molar-refractivity contribution in [1.29, 1.82) is 0 Å². The third-order valence-electron chi connectivity index (χ3n) is 14.4. The van der Waals surface area contributed by atoms with E-state index in [0.29, 0.717) is 10.8 Å². The van der Waals surface area contributed by atoms with Gasteiger partial charge in [-0.05, 0) is 115 Å². The Labute approximate surface area is 315 Å². The highest BCUT2D eigenvalue weighted by Gasteiger charge is 2.35. The minimum absolute atomic E-state index is 0. The summed E-state index contributed by atoms with van der Waals surface area (Å²) in [6, 6.07) is 0. The zero-order valence-electron chi connectivity index (χ0n) is 34.3. The fourth-order valence-corrected chi connectivity index (χ4v) is 10.4. The van der Waals surface area contributed by atoms with E-state index in [-0.39, 0.29) is 22.3 Å². The van der Waals surface area contributed by atoms with Crippen molar-refractivity contribution in [3.05, 3.63) is 0 Å². The summed E-state index contributed by atoms with van der Waals surface area (Å²) in [7, 11) is 0. The van der Waals surface area contributed by atoms with Crippen LogP contribution in [0.15, 0.2) is 0 Å². The largest absolute Gasteiger partial charge is 0.0776 e. The molecule has 0 N–H and O–H groups in total.